The zero-order chi connectivity index (χ0) is 32.0. The van der Waals surface area contributed by atoms with Gasteiger partial charge in [0.1, 0.15) is 5.69 Å². The molecule has 0 saturated carbocycles. The van der Waals surface area contributed by atoms with E-state index < -0.39 is 28.6 Å². The lowest BCUT2D eigenvalue weighted by atomic mass is 9.89. The summed E-state index contributed by atoms with van der Waals surface area (Å²) in [5, 5.41) is 50.1. The van der Waals surface area contributed by atoms with Gasteiger partial charge in [-0.2, -0.15) is 5.21 Å². The molecule has 232 valence electrons. The third-order valence-electron chi connectivity index (χ3n) is 7.33. The first-order chi connectivity index (χ1) is 21.4. The number of carbonyl (C=O) groups is 3. The zero-order valence-electron chi connectivity index (χ0n) is 23.7. The molecule has 18 heteroatoms. The van der Waals surface area contributed by atoms with Crippen molar-refractivity contribution in [3.8, 4) is 11.5 Å². The summed E-state index contributed by atoms with van der Waals surface area (Å²) in [5.74, 6) is -2.64. The van der Waals surface area contributed by atoms with Gasteiger partial charge in [-0.1, -0.05) is 5.16 Å². The van der Waals surface area contributed by atoms with Crippen molar-refractivity contribution in [2.75, 3.05) is 11.5 Å². The van der Waals surface area contributed by atoms with E-state index in [0.717, 1.165) is 22.3 Å². The number of anilines is 1. The van der Waals surface area contributed by atoms with Gasteiger partial charge >= 0.3 is 5.97 Å². The number of nitrogens with one attached hydrogen (secondary N) is 1. The SMILES string of the molecule is CC(C)(O/N=C(\C(=O)C[C@@H]1C(=O)N2C(c3nn[nH]n3)=C(C[n+]3ccc4cc(O)c(O)cc4c3)CS[C@H]12)c1csc(N)n1)C(=O)O. The molecule has 6 rings (SSSR count). The molecule has 6 N–H and O–H groups in total. The highest BCUT2D eigenvalue weighted by Gasteiger charge is 2.54. The summed E-state index contributed by atoms with van der Waals surface area (Å²) in [6.07, 6.45) is 3.39. The number of nitrogen functional groups attached to an aromatic ring is 1. The van der Waals surface area contributed by atoms with Gasteiger partial charge in [-0.3, -0.25) is 14.5 Å². The Bertz CT molecular complexity index is 1910. The number of aromatic hydroxyl groups is 2. The van der Waals surface area contributed by atoms with Crippen molar-refractivity contribution in [2.24, 2.45) is 11.1 Å². The third kappa shape index (κ3) is 5.64. The Kier molecular flexibility index (Phi) is 7.61. The number of carboxylic acid groups (broad SMARTS) is 1. The van der Waals surface area contributed by atoms with Crippen LogP contribution in [0, 0.1) is 5.92 Å². The van der Waals surface area contributed by atoms with Gasteiger partial charge < -0.3 is 25.9 Å². The number of rotatable bonds is 10. The van der Waals surface area contributed by atoms with Crippen LogP contribution in [-0.2, 0) is 25.8 Å². The number of hydrogen-bond acceptors (Lipinski definition) is 14. The van der Waals surface area contributed by atoms with Crippen LogP contribution >= 0.6 is 23.1 Å². The number of β-lactam (4-membered cyclic amide) rings is 1. The largest absolute Gasteiger partial charge is 0.504 e. The minimum atomic E-state index is -1.72. The summed E-state index contributed by atoms with van der Waals surface area (Å²) >= 11 is 2.55. The normalized spacial score (nSPS) is 18.6. The molecule has 4 aromatic rings. The Labute approximate surface area is 262 Å². The fourth-order valence-corrected chi connectivity index (χ4v) is 6.88. The number of benzene rings is 1. The van der Waals surface area contributed by atoms with Crippen LogP contribution in [-0.4, -0.2) is 85.9 Å². The van der Waals surface area contributed by atoms with E-state index in [4.69, 9.17) is 10.6 Å². The molecule has 2 aliphatic rings. The molecule has 1 amide bonds. The number of carboxylic acids is 1. The van der Waals surface area contributed by atoms with E-state index >= 15 is 0 Å². The van der Waals surface area contributed by atoms with E-state index in [1.807, 2.05) is 17.0 Å². The monoisotopic (exact) mass is 652 g/mol. The second kappa shape index (κ2) is 11.4. The highest BCUT2D eigenvalue weighted by molar-refractivity contribution is 8.00. The number of nitrogens with two attached hydrogens (primary N) is 1. The molecule has 45 heavy (non-hydrogen) atoms. The van der Waals surface area contributed by atoms with Gasteiger partial charge in [-0.15, -0.1) is 33.3 Å². The summed E-state index contributed by atoms with van der Waals surface area (Å²) in [7, 11) is 0. The summed E-state index contributed by atoms with van der Waals surface area (Å²) in [4.78, 5) is 49.6. The molecular weight excluding hydrogens is 626 g/mol. The van der Waals surface area contributed by atoms with E-state index in [1.54, 1.807) is 11.0 Å². The number of amides is 1. The number of tetrazole rings is 1. The molecule has 2 atom stereocenters. The van der Waals surface area contributed by atoms with E-state index in [2.05, 4.69) is 30.8 Å². The number of carbonyl (C=O) groups excluding carboxylic acids is 2. The number of Topliss-reactive ketones (excluding diaryl/α,β-unsaturated/α-hetero) is 1. The average molecular weight is 653 g/mol. The Balaban J connectivity index is 1.26. The highest BCUT2D eigenvalue weighted by atomic mass is 32.2. The van der Waals surface area contributed by atoms with E-state index in [9.17, 15) is 29.7 Å². The number of thioether (sulfide) groups is 1. The predicted molar refractivity (Wildman–Crippen MR) is 161 cm³/mol. The van der Waals surface area contributed by atoms with Crippen molar-refractivity contribution in [2.45, 2.75) is 37.8 Å². The number of phenolic OH excluding ortho intramolecular Hbond substituents is 2. The maximum absolute atomic E-state index is 13.6. The summed E-state index contributed by atoms with van der Waals surface area (Å²) < 4.78 is 1.88. The Hall–Kier alpha value is -5.10. The topological polar surface area (TPSA) is 234 Å². The zero-order valence-corrected chi connectivity index (χ0v) is 25.4. The average Bonchev–Trinajstić information content (AvgIpc) is 3.69. The fourth-order valence-electron chi connectivity index (χ4n) is 4.93. The molecule has 1 saturated heterocycles. The molecule has 3 aromatic heterocycles. The van der Waals surface area contributed by atoms with Crippen molar-refractivity contribution in [1.82, 2.24) is 30.5 Å². The number of thiazole rings is 1. The first-order valence-corrected chi connectivity index (χ1v) is 15.3. The lowest BCUT2D eigenvalue weighted by Crippen LogP contribution is -2.61. The van der Waals surface area contributed by atoms with E-state index in [1.165, 1.54) is 43.1 Å². The van der Waals surface area contributed by atoms with Crippen LogP contribution in [0.15, 0.2) is 46.7 Å². The quantitative estimate of drug-likeness (QED) is 0.0534. The number of H-pyrrole nitrogens is 1. The fraction of sp³-hybridized carbons (Fsp3) is 0.296. The number of fused-ring (bicyclic) bond motifs is 2. The van der Waals surface area contributed by atoms with Crippen LogP contribution < -0.4 is 10.3 Å². The number of nitrogens with zero attached hydrogens (tertiary/aromatic N) is 7. The van der Waals surface area contributed by atoms with Crippen LogP contribution in [0.3, 0.4) is 0 Å². The number of ketones is 1. The lowest BCUT2D eigenvalue weighted by Gasteiger charge is -2.49. The third-order valence-corrected chi connectivity index (χ3v) is 9.40. The van der Waals surface area contributed by atoms with Crippen molar-refractivity contribution in [3.63, 3.8) is 0 Å². The Morgan fingerprint density at radius 2 is 2.02 bits per heavy atom. The van der Waals surface area contributed by atoms with Crippen LogP contribution in [0.2, 0.25) is 0 Å². The van der Waals surface area contributed by atoms with Gasteiger partial charge in [-0.25, -0.2) is 14.3 Å². The molecule has 1 aromatic carbocycles. The minimum absolute atomic E-state index is 0.120. The van der Waals surface area contributed by atoms with Crippen LogP contribution in [0.4, 0.5) is 5.13 Å². The number of phenols is 2. The van der Waals surface area contributed by atoms with Crippen LogP contribution in [0.25, 0.3) is 16.5 Å². The lowest BCUT2D eigenvalue weighted by molar-refractivity contribution is -0.687. The standard InChI is InChI=1S/C27H25N9O7S2/c1-27(2,25(41)42)43-32-20(16-11-45-26(28)29-16)19(39)7-15-23(40)36-21(22-30-33-34-31-22)14(10-44-24(15)36)9-35-4-3-12-5-17(37)18(38)6-13(12)8-35/h3-6,8,11,15,24H,7,9-10H2,1-2H3,(H5,28,29,30,31,33,34,38,41,42)/p+1/b32-20-/t15-,24-/m1/s1. The summed E-state index contributed by atoms with van der Waals surface area (Å²) in [5.41, 5.74) is 5.24. The smallest absolute Gasteiger partial charge is 0.350 e. The molecule has 16 nitrogen and oxygen atoms in total. The van der Waals surface area contributed by atoms with Crippen molar-refractivity contribution >= 4 is 68.1 Å². The number of hydrogen-bond donors (Lipinski definition) is 5. The Morgan fingerprint density at radius 3 is 2.69 bits per heavy atom. The number of aliphatic carboxylic acids is 1. The van der Waals surface area contributed by atoms with Crippen LogP contribution in [0.1, 0.15) is 31.8 Å². The van der Waals surface area contributed by atoms with Gasteiger partial charge in [0, 0.05) is 34.6 Å². The summed E-state index contributed by atoms with van der Waals surface area (Å²) in [6, 6.07) is 4.74. The Morgan fingerprint density at radius 1 is 1.27 bits per heavy atom. The molecule has 0 bridgehead atoms. The van der Waals surface area contributed by atoms with Gasteiger partial charge in [0.25, 0.3) is 0 Å². The summed E-state index contributed by atoms with van der Waals surface area (Å²) in [6.45, 7) is 2.93. The van der Waals surface area contributed by atoms with Crippen molar-refractivity contribution < 1.29 is 39.1 Å². The predicted octanol–water partition coefficient (Wildman–Crippen LogP) is 1.28. The molecule has 1 fully saturated rings. The number of oxime groups is 1. The van der Waals surface area contributed by atoms with Crippen molar-refractivity contribution in [3.05, 3.63) is 53.1 Å². The molecule has 0 unspecified atom stereocenters. The molecule has 0 radical (unpaired) electrons. The van der Waals surface area contributed by atoms with Gasteiger partial charge in [0.15, 0.2) is 47.1 Å². The maximum Gasteiger partial charge on any atom is 0.350 e. The van der Waals surface area contributed by atoms with Gasteiger partial charge in [-0.05, 0) is 36.6 Å². The second-order valence-electron chi connectivity index (χ2n) is 10.8. The van der Waals surface area contributed by atoms with E-state index in [-0.39, 0.29) is 46.2 Å². The molecule has 0 spiro atoms. The molecule has 0 aliphatic carbocycles. The van der Waals surface area contributed by atoms with Gasteiger partial charge in [0.05, 0.1) is 17.0 Å². The van der Waals surface area contributed by atoms with E-state index in [0.29, 0.717) is 23.4 Å². The van der Waals surface area contributed by atoms with Crippen molar-refractivity contribution in [1.29, 1.82) is 0 Å². The number of aromatic amines is 1. The molecule has 5 heterocycles. The second-order valence-corrected chi connectivity index (χ2v) is 12.8. The first-order valence-electron chi connectivity index (χ1n) is 13.4. The number of aromatic nitrogens is 6. The minimum Gasteiger partial charge on any atom is -0.504 e. The molecular formula is C27H26N9O7S2+. The first kappa shape index (κ1) is 29.9. The van der Waals surface area contributed by atoms with Gasteiger partial charge in [0.2, 0.25) is 17.3 Å². The molecule has 2 aliphatic heterocycles. The number of pyridine rings is 1. The highest BCUT2D eigenvalue weighted by Crippen LogP contribution is 2.47. The maximum atomic E-state index is 13.6. The van der Waals surface area contributed by atoms with Crippen LogP contribution in [0.5, 0.6) is 11.5 Å².